The van der Waals surface area contributed by atoms with Crippen molar-refractivity contribution in [3.63, 3.8) is 0 Å². The van der Waals surface area contributed by atoms with Crippen LogP contribution < -0.4 is 15.8 Å². The molecular formula is C14H21N3O3S. The van der Waals surface area contributed by atoms with Crippen LogP contribution in [0.1, 0.15) is 19.3 Å². The normalized spacial score (nSPS) is 23.9. The van der Waals surface area contributed by atoms with Gasteiger partial charge in [0.05, 0.1) is 23.8 Å². The van der Waals surface area contributed by atoms with E-state index in [0.717, 1.165) is 6.42 Å². The van der Waals surface area contributed by atoms with Gasteiger partial charge in [0.15, 0.2) is 9.84 Å². The Kier molecular flexibility index (Phi) is 3.93. The standard InChI is InChI=1S/C14H21N3O3S/c15-12-3-4-13(17-14(12)20-8-10-1-2-10)16-7-11-5-6-21(18,19)9-11/h3-4,10-11H,1-2,5-9,15H2,(H,16,17). The number of nitrogens with two attached hydrogens (primary N) is 1. The highest BCUT2D eigenvalue weighted by Crippen LogP contribution is 2.30. The van der Waals surface area contributed by atoms with Crippen molar-refractivity contribution >= 4 is 21.3 Å². The number of pyridine rings is 1. The summed E-state index contributed by atoms with van der Waals surface area (Å²) in [6.07, 6.45) is 3.15. The predicted octanol–water partition coefficient (Wildman–Crippen LogP) is 1.30. The summed E-state index contributed by atoms with van der Waals surface area (Å²) in [7, 11) is -2.83. The maximum Gasteiger partial charge on any atom is 0.239 e. The van der Waals surface area contributed by atoms with Crippen LogP contribution in [0.2, 0.25) is 0 Å². The van der Waals surface area contributed by atoms with E-state index >= 15 is 0 Å². The molecule has 0 bridgehead atoms. The first-order chi connectivity index (χ1) is 10.0. The predicted molar refractivity (Wildman–Crippen MR) is 82.1 cm³/mol. The number of nitrogens with one attached hydrogen (secondary N) is 1. The molecule has 1 unspecified atom stereocenters. The van der Waals surface area contributed by atoms with Gasteiger partial charge < -0.3 is 15.8 Å². The van der Waals surface area contributed by atoms with Crippen LogP contribution in [-0.2, 0) is 9.84 Å². The fraction of sp³-hybridized carbons (Fsp3) is 0.643. The Hall–Kier alpha value is -1.50. The average Bonchev–Trinajstić information content (AvgIpc) is 3.20. The number of rotatable bonds is 6. The molecule has 1 aliphatic carbocycles. The lowest BCUT2D eigenvalue weighted by Crippen LogP contribution is -2.16. The third kappa shape index (κ3) is 4.00. The fourth-order valence-corrected chi connectivity index (χ4v) is 4.29. The van der Waals surface area contributed by atoms with Crippen LogP contribution in [0.4, 0.5) is 11.5 Å². The maximum absolute atomic E-state index is 11.4. The molecule has 1 aromatic heterocycles. The highest BCUT2D eigenvalue weighted by atomic mass is 32.2. The number of hydrogen-bond acceptors (Lipinski definition) is 6. The van der Waals surface area contributed by atoms with Gasteiger partial charge in [0.1, 0.15) is 5.82 Å². The molecule has 6 nitrogen and oxygen atoms in total. The van der Waals surface area contributed by atoms with Crippen molar-refractivity contribution in [2.45, 2.75) is 19.3 Å². The third-order valence-electron chi connectivity index (χ3n) is 3.94. The molecule has 3 N–H and O–H groups in total. The van der Waals surface area contributed by atoms with Gasteiger partial charge in [-0.1, -0.05) is 0 Å². The van der Waals surface area contributed by atoms with Gasteiger partial charge in [-0.3, -0.25) is 0 Å². The Bertz CT molecular complexity index is 614. The van der Waals surface area contributed by atoms with E-state index in [4.69, 9.17) is 10.5 Å². The molecule has 1 aliphatic heterocycles. The zero-order chi connectivity index (χ0) is 14.9. The minimum Gasteiger partial charge on any atom is -0.476 e. The Morgan fingerprint density at radius 3 is 2.76 bits per heavy atom. The summed E-state index contributed by atoms with van der Waals surface area (Å²) in [4.78, 5) is 4.36. The summed E-state index contributed by atoms with van der Waals surface area (Å²) >= 11 is 0. The first kappa shape index (κ1) is 14.4. The van der Waals surface area contributed by atoms with Crippen molar-refractivity contribution in [3.8, 4) is 5.88 Å². The van der Waals surface area contributed by atoms with E-state index in [2.05, 4.69) is 10.3 Å². The number of nitrogens with zero attached hydrogens (tertiary/aromatic N) is 1. The third-order valence-corrected chi connectivity index (χ3v) is 5.78. The van der Waals surface area contributed by atoms with Gasteiger partial charge in [-0.25, -0.2) is 8.42 Å². The summed E-state index contributed by atoms with van der Waals surface area (Å²) in [5, 5.41) is 3.18. The van der Waals surface area contributed by atoms with Crippen LogP contribution in [0.25, 0.3) is 0 Å². The number of aromatic nitrogens is 1. The Morgan fingerprint density at radius 1 is 1.29 bits per heavy atom. The van der Waals surface area contributed by atoms with Gasteiger partial charge in [0.25, 0.3) is 0 Å². The lowest BCUT2D eigenvalue weighted by molar-refractivity contribution is 0.290. The minimum absolute atomic E-state index is 0.158. The molecule has 1 aromatic rings. The lowest BCUT2D eigenvalue weighted by Gasteiger charge is -2.12. The molecular weight excluding hydrogens is 290 g/mol. The molecule has 1 atom stereocenters. The van der Waals surface area contributed by atoms with E-state index in [-0.39, 0.29) is 11.7 Å². The maximum atomic E-state index is 11.4. The number of hydrogen-bond donors (Lipinski definition) is 2. The van der Waals surface area contributed by atoms with E-state index in [1.165, 1.54) is 12.8 Å². The molecule has 0 amide bonds. The van der Waals surface area contributed by atoms with Gasteiger partial charge in [-0.2, -0.15) is 4.98 Å². The number of ether oxygens (including phenoxy) is 1. The monoisotopic (exact) mass is 311 g/mol. The fourth-order valence-electron chi connectivity index (χ4n) is 2.43. The molecule has 1 saturated carbocycles. The first-order valence-electron chi connectivity index (χ1n) is 7.35. The quantitative estimate of drug-likeness (QED) is 0.822. The van der Waals surface area contributed by atoms with Crippen molar-refractivity contribution < 1.29 is 13.2 Å². The summed E-state index contributed by atoms with van der Waals surface area (Å²) in [6.45, 7) is 1.28. The Morgan fingerprint density at radius 2 is 2.10 bits per heavy atom. The minimum atomic E-state index is -2.83. The Labute approximate surface area is 125 Å². The smallest absolute Gasteiger partial charge is 0.239 e. The molecule has 7 heteroatoms. The summed E-state index contributed by atoms with van der Waals surface area (Å²) in [5.41, 5.74) is 6.39. The number of nitrogen functional groups attached to an aromatic ring is 1. The van der Waals surface area contributed by atoms with Crippen LogP contribution in [0.3, 0.4) is 0 Å². The molecule has 0 aromatic carbocycles. The molecule has 2 fully saturated rings. The van der Waals surface area contributed by atoms with Crippen molar-refractivity contribution in [1.29, 1.82) is 0 Å². The largest absolute Gasteiger partial charge is 0.476 e. The van der Waals surface area contributed by atoms with Crippen molar-refractivity contribution in [2.24, 2.45) is 11.8 Å². The molecule has 1 saturated heterocycles. The second kappa shape index (κ2) is 5.71. The molecule has 0 spiro atoms. The zero-order valence-electron chi connectivity index (χ0n) is 11.9. The molecule has 2 heterocycles. The summed E-state index contributed by atoms with van der Waals surface area (Å²) < 4.78 is 28.5. The van der Waals surface area contributed by atoms with Crippen LogP contribution >= 0.6 is 0 Å². The van der Waals surface area contributed by atoms with Gasteiger partial charge in [0, 0.05) is 6.54 Å². The van der Waals surface area contributed by atoms with Crippen molar-refractivity contribution in [2.75, 3.05) is 35.7 Å². The topological polar surface area (TPSA) is 94.3 Å². The molecule has 21 heavy (non-hydrogen) atoms. The van der Waals surface area contributed by atoms with Crippen molar-refractivity contribution in [3.05, 3.63) is 12.1 Å². The molecule has 116 valence electrons. The van der Waals surface area contributed by atoms with Gasteiger partial charge in [-0.05, 0) is 43.2 Å². The van der Waals surface area contributed by atoms with Gasteiger partial charge in [0.2, 0.25) is 5.88 Å². The number of sulfone groups is 1. The molecule has 0 radical (unpaired) electrons. The van der Waals surface area contributed by atoms with E-state index in [0.29, 0.717) is 42.2 Å². The first-order valence-corrected chi connectivity index (χ1v) is 9.17. The van der Waals surface area contributed by atoms with E-state index in [1.807, 2.05) is 0 Å². The van der Waals surface area contributed by atoms with Crippen LogP contribution in [0.15, 0.2) is 12.1 Å². The van der Waals surface area contributed by atoms with Gasteiger partial charge >= 0.3 is 0 Å². The highest BCUT2D eigenvalue weighted by molar-refractivity contribution is 7.91. The van der Waals surface area contributed by atoms with E-state index < -0.39 is 9.84 Å². The molecule has 2 aliphatic rings. The summed E-state index contributed by atoms with van der Waals surface area (Å²) in [6, 6.07) is 3.56. The second-order valence-corrected chi connectivity index (χ2v) is 8.22. The number of anilines is 2. The van der Waals surface area contributed by atoms with Crippen molar-refractivity contribution in [1.82, 2.24) is 4.98 Å². The van der Waals surface area contributed by atoms with Gasteiger partial charge in [-0.15, -0.1) is 0 Å². The lowest BCUT2D eigenvalue weighted by atomic mass is 10.1. The van der Waals surface area contributed by atoms with Crippen LogP contribution in [0, 0.1) is 11.8 Å². The highest BCUT2D eigenvalue weighted by Gasteiger charge is 2.27. The molecule has 3 rings (SSSR count). The SMILES string of the molecule is Nc1ccc(NCC2CCS(=O)(=O)C2)nc1OCC1CC1. The van der Waals surface area contributed by atoms with Crippen LogP contribution in [0.5, 0.6) is 5.88 Å². The summed E-state index contributed by atoms with van der Waals surface area (Å²) in [5.74, 6) is 2.51. The zero-order valence-corrected chi connectivity index (χ0v) is 12.7. The Balaban J connectivity index is 1.56. The average molecular weight is 311 g/mol. The van der Waals surface area contributed by atoms with E-state index in [9.17, 15) is 8.42 Å². The van der Waals surface area contributed by atoms with Crippen LogP contribution in [-0.4, -0.2) is 38.1 Å². The second-order valence-electron chi connectivity index (χ2n) is 6.00. The van der Waals surface area contributed by atoms with E-state index in [1.54, 1.807) is 12.1 Å².